The lowest BCUT2D eigenvalue weighted by atomic mass is 10.1. The molecule has 17 heavy (non-hydrogen) atoms. The number of nitrogens with one attached hydrogen (secondary N) is 1. The molecule has 0 saturated heterocycles. The summed E-state index contributed by atoms with van der Waals surface area (Å²) in [5.41, 5.74) is 0.510. The van der Waals surface area contributed by atoms with E-state index in [1.807, 2.05) is 6.92 Å². The number of halogens is 2. The van der Waals surface area contributed by atoms with Crippen LogP contribution in [0.5, 0.6) is 0 Å². The molecule has 1 atom stereocenters. The van der Waals surface area contributed by atoms with Crippen molar-refractivity contribution in [3.63, 3.8) is 0 Å². The highest BCUT2D eigenvalue weighted by molar-refractivity contribution is 9.10. The van der Waals surface area contributed by atoms with Gasteiger partial charge in [0, 0.05) is 22.5 Å². The van der Waals surface area contributed by atoms with Crippen LogP contribution in [0.25, 0.3) is 0 Å². The van der Waals surface area contributed by atoms with Gasteiger partial charge in [-0.15, -0.1) is 0 Å². The Balaban J connectivity index is 1.92. The van der Waals surface area contributed by atoms with E-state index in [2.05, 4.69) is 21.2 Å². The fourth-order valence-corrected chi connectivity index (χ4v) is 2.24. The van der Waals surface area contributed by atoms with Gasteiger partial charge in [0.15, 0.2) is 0 Å². The SMILES string of the molecule is CC(C(=O)NCc1cc(Br)ccc1F)C1CC1. The summed E-state index contributed by atoms with van der Waals surface area (Å²) in [6.07, 6.45) is 2.28. The van der Waals surface area contributed by atoms with Crippen molar-refractivity contribution in [1.82, 2.24) is 5.32 Å². The zero-order valence-electron chi connectivity index (χ0n) is 9.67. The molecule has 0 bridgehead atoms. The molecule has 1 aliphatic carbocycles. The molecule has 92 valence electrons. The second kappa shape index (κ2) is 5.17. The van der Waals surface area contributed by atoms with Crippen molar-refractivity contribution in [1.29, 1.82) is 0 Å². The molecule has 0 aromatic heterocycles. The van der Waals surface area contributed by atoms with E-state index in [0.717, 1.165) is 17.3 Å². The van der Waals surface area contributed by atoms with Crippen molar-refractivity contribution < 1.29 is 9.18 Å². The topological polar surface area (TPSA) is 29.1 Å². The normalized spacial score (nSPS) is 16.6. The Morgan fingerprint density at radius 2 is 2.29 bits per heavy atom. The van der Waals surface area contributed by atoms with Crippen LogP contribution in [0.15, 0.2) is 22.7 Å². The van der Waals surface area contributed by atoms with Crippen molar-refractivity contribution in [2.45, 2.75) is 26.3 Å². The highest BCUT2D eigenvalue weighted by atomic mass is 79.9. The standard InChI is InChI=1S/C13H15BrFNO/c1-8(9-2-3-9)13(17)16-7-10-6-11(14)4-5-12(10)15/h4-6,8-9H,2-3,7H2,1H3,(H,16,17). The van der Waals surface area contributed by atoms with Crippen LogP contribution in [0, 0.1) is 17.7 Å². The number of amides is 1. The lowest BCUT2D eigenvalue weighted by molar-refractivity contribution is -0.125. The van der Waals surface area contributed by atoms with Gasteiger partial charge in [0.25, 0.3) is 0 Å². The van der Waals surface area contributed by atoms with E-state index in [0.29, 0.717) is 11.5 Å². The molecule has 2 nitrogen and oxygen atoms in total. The van der Waals surface area contributed by atoms with Crippen LogP contribution in [0.2, 0.25) is 0 Å². The minimum absolute atomic E-state index is 0.0203. The van der Waals surface area contributed by atoms with Crippen molar-refractivity contribution >= 4 is 21.8 Å². The third kappa shape index (κ3) is 3.28. The first-order valence-electron chi connectivity index (χ1n) is 5.79. The Hall–Kier alpha value is -0.900. The number of rotatable bonds is 4. The van der Waals surface area contributed by atoms with E-state index >= 15 is 0 Å². The van der Waals surface area contributed by atoms with Crippen molar-refractivity contribution in [2.75, 3.05) is 0 Å². The Morgan fingerprint density at radius 3 is 2.94 bits per heavy atom. The molecule has 0 heterocycles. The number of carbonyl (C=O) groups excluding carboxylic acids is 1. The van der Waals surface area contributed by atoms with Gasteiger partial charge in [0.1, 0.15) is 5.82 Å². The molecule has 1 aromatic carbocycles. The fourth-order valence-electron chi connectivity index (χ4n) is 1.83. The fraction of sp³-hybridized carbons (Fsp3) is 0.462. The first kappa shape index (κ1) is 12.6. The Kier molecular flexibility index (Phi) is 3.82. The predicted molar refractivity (Wildman–Crippen MR) is 67.8 cm³/mol. The largest absolute Gasteiger partial charge is 0.352 e. The maximum Gasteiger partial charge on any atom is 0.223 e. The van der Waals surface area contributed by atoms with Gasteiger partial charge in [-0.25, -0.2) is 4.39 Å². The maximum absolute atomic E-state index is 13.4. The van der Waals surface area contributed by atoms with E-state index < -0.39 is 0 Å². The van der Waals surface area contributed by atoms with Gasteiger partial charge in [-0.3, -0.25) is 4.79 Å². The molecule has 1 N–H and O–H groups in total. The molecular formula is C13H15BrFNO. The van der Waals surface area contributed by atoms with E-state index in [1.54, 1.807) is 12.1 Å². The average Bonchev–Trinajstić information content (AvgIpc) is 3.13. The summed E-state index contributed by atoms with van der Waals surface area (Å²) < 4.78 is 14.2. The molecule has 4 heteroatoms. The van der Waals surface area contributed by atoms with Crippen LogP contribution >= 0.6 is 15.9 Å². The summed E-state index contributed by atoms with van der Waals surface area (Å²) in [6, 6.07) is 4.74. The Bertz CT molecular complexity index is 431. The number of hydrogen-bond acceptors (Lipinski definition) is 1. The van der Waals surface area contributed by atoms with E-state index in [-0.39, 0.29) is 24.2 Å². The van der Waals surface area contributed by atoms with E-state index in [9.17, 15) is 9.18 Å². The van der Waals surface area contributed by atoms with Crippen LogP contribution in [0.1, 0.15) is 25.3 Å². The van der Waals surface area contributed by atoms with Crippen molar-refractivity contribution in [2.24, 2.45) is 11.8 Å². The molecule has 1 aromatic rings. The third-order valence-corrected chi connectivity index (χ3v) is 3.70. The second-order valence-corrected chi connectivity index (χ2v) is 5.50. The second-order valence-electron chi connectivity index (χ2n) is 4.58. The minimum Gasteiger partial charge on any atom is -0.352 e. The number of benzene rings is 1. The average molecular weight is 300 g/mol. The smallest absolute Gasteiger partial charge is 0.223 e. The number of carbonyl (C=O) groups is 1. The highest BCUT2D eigenvalue weighted by Gasteiger charge is 2.32. The quantitative estimate of drug-likeness (QED) is 0.908. The first-order valence-corrected chi connectivity index (χ1v) is 6.59. The summed E-state index contributed by atoms with van der Waals surface area (Å²) in [6.45, 7) is 2.19. The molecule has 0 aliphatic heterocycles. The predicted octanol–water partition coefficient (Wildman–Crippen LogP) is 3.25. The van der Waals surface area contributed by atoms with Gasteiger partial charge < -0.3 is 5.32 Å². The summed E-state index contributed by atoms with van der Waals surface area (Å²) in [5.74, 6) is 0.312. The monoisotopic (exact) mass is 299 g/mol. The van der Waals surface area contributed by atoms with E-state index in [1.165, 1.54) is 6.07 Å². The van der Waals surface area contributed by atoms with Gasteiger partial charge >= 0.3 is 0 Å². The zero-order chi connectivity index (χ0) is 12.4. The molecule has 1 amide bonds. The molecule has 0 spiro atoms. The molecule has 1 aliphatic rings. The molecule has 1 fully saturated rings. The van der Waals surface area contributed by atoms with Crippen molar-refractivity contribution in [3.05, 3.63) is 34.1 Å². The summed E-state index contributed by atoms with van der Waals surface area (Å²) in [5, 5.41) is 2.79. The van der Waals surface area contributed by atoms with Gasteiger partial charge in [-0.2, -0.15) is 0 Å². The summed E-state index contributed by atoms with van der Waals surface area (Å²) in [4.78, 5) is 11.7. The Morgan fingerprint density at radius 1 is 1.59 bits per heavy atom. The van der Waals surface area contributed by atoms with Crippen LogP contribution in [-0.4, -0.2) is 5.91 Å². The van der Waals surface area contributed by atoms with Crippen LogP contribution in [0.3, 0.4) is 0 Å². The van der Waals surface area contributed by atoms with Crippen LogP contribution in [-0.2, 0) is 11.3 Å². The molecule has 1 saturated carbocycles. The van der Waals surface area contributed by atoms with Crippen LogP contribution in [0.4, 0.5) is 4.39 Å². The lowest BCUT2D eigenvalue weighted by Crippen LogP contribution is -2.30. The summed E-state index contributed by atoms with van der Waals surface area (Å²) >= 11 is 3.29. The maximum atomic E-state index is 13.4. The van der Waals surface area contributed by atoms with Gasteiger partial charge in [0.05, 0.1) is 0 Å². The zero-order valence-corrected chi connectivity index (χ0v) is 11.3. The first-order chi connectivity index (χ1) is 8.08. The van der Waals surface area contributed by atoms with E-state index in [4.69, 9.17) is 0 Å². The minimum atomic E-state index is -0.285. The molecule has 2 rings (SSSR count). The van der Waals surface area contributed by atoms with Gasteiger partial charge in [-0.1, -0.05) is 22.9 Å². The van der Waals surface area contributed by atoms with Gasteiger partial charge in [0.2, 0.25) is 5.91 Å². The molecular weight excluding hydrogens is 285 g/mol. The van der Waals surface area contributed by atoms with Gasteiger partial charge in [-0.05, 0) is 37.0 Å². The summed E-state index contributed by atoms with van der Waals surface area (Å²) in [7, 11) is 0. The molecule has 1 unspecified atom stereocenters. The highest BCUT2D eigenvalue weighted by Crippen LogP contribution is 2.36. The third-order valence-electron chi connectivity index (χ3n) is 3.20. The molecule has 0 radical (unpaired) electrons. The van der Waals surface area contributed by atoms with Crippen LogP contribution < -0.4 is 5.32 Å². The number of hydrogen-bond donors (Lipinski definition) is 1. The Labute approximate surface area is 109 Å². The lowest BCUT2D eigenvalue weighted by Gasteiger charge is -2.11. The van der Waals surface area contributed by atoms with Crippen molar-refractivity contribution in [3.8, 4) is 0 Å².